The maximum atomic E-state index is 7.13. The van der Waals surface area contributed by atoms with E-state index in [1.807, 2.05) is 72.0 Å². The van der Waals surface area contributed by atoms with Crippen molar-refractivity contribution in [3.8, 4) is 23.7 Å². The fourth-order valence-corrected chi connectivity index (χ4v) is 3.79. The van der Waals surface area contributed by atoms with Gasteiger partial charge in [-0.3, -0.25) is 0 Å². The first-order chi connectivity index (χ1) is 16.3. The molecule has 172 valence electrons. The molecule has 0 spiro atoms. The summed E-state index contributed by atoms with van der Waals surface area (Å²) in [6, 6.07) is 12.1. The Balaban J connectivity index is 0.00000121. The summed E-state index contributed by atoms with van der Waals surface area (Å²) in [6.45, 7) is 0. The normalized spacial score (nSPS) is 8.06. The highest BCUT2D eigenvalue weighted by Gasteiger charge is 2.02. The Kier molecular flexibility index (Phi) is 17.7. The first kappa shape index (κ1) is 31.7. The molecule has 0 aliphatic carbocycles. The number of aromatic nitrogens is 2. The molecule has 0 unspecified atom stereocenters. The number of pyridine rings is 2. The highest BCUT2D eigenvalue weighted by molar-refractivity contribution is 14.1. The molecular weight excluding hydrogens is 690 g/mol. The predicted octanol–water partition coefficient (Wildman–Crippen LogP) is 4.27. The van der Waals surface area contributed by atoms with Crippen LogP contribution in [0.1, 0.15) is 22.3 Å². The molecule has 0 bridgehead atoms. The number of aliphatic hydroxyl groups excluding tert-OH is 1. The summed E-state index contributed by atoms with van der Waals surface area (Å²) >= 11 is 12.0. The molecule has 0 radical (unpaired) electrons. The summed E-state index contributed by atoms with van der Waals surface area (Å²) in [5.74, 6) is 13.0. The van der Waals surface area contributed by atoms with Gasteiger partial charge in [-0.15, -0.1) is 0 Å². The van der Waals surface area contributed by atoms with Crippen molar-refractivity contribution in [2.24, 2.45) is 14.1 Å². The molecule has 3 rings (SSSR count). The van der Waals surface area contributed by atoms with Crippen LogP contribution in [0.25, 0.3) is 10.8 Å². The summed E-state index contributed by atoms with van der Waals surface area (Å²) in [5.41, 5.74) is 4.00. The maximum absolute atomic E-state index is 7.13. The van der Waals surface area contributed by atoms with E-state index in [2.05, 4.69) is 106 Å². The molecule has 1 aromatic carbocycles. The van der Waals surface area contributed by atoms with Gasteiger partial charge < -0.3 is 15.9 Å². The van der Waals surface area contributed by atoms with Crippen LogP contribution in [0.5, 0.6) is 0 Å². The summed E-state index contributed by atoms with van der Waals surface area (Å²) in [6.07, 6.45) is 8.15. The number of isothiocyanates is 2. The molecule has 3 aromatic rings. The Morgan fingerprint density at radius 1 is 0.735 bits per heavy atom. The number of hydrogen-bond acceptors (Lipinski definition) is 3. The van der Waals surface area contributed by atoms with Gasteiger partial charge in [-0.2, -0.15) is 10.3 Å². The predicted molar refractivity (Wildman–Crippen MR) is 159 cm³/mol. The van der Waals surface area contributed by atoms with Crippen LogP contribution >= 0.6 is 69.6 Å². The Morgan fingerprint density at radius 2 is 1.09 bits per heavy atom. The van der Waals surface area contributed by atoms with Gasteiger partial charge in [0.25, 0.3) is 0 Å². The molecule has 2 aromatic heterocycles. The smallest absolute Gasteiger partial charge is 0.183 e. The molecule has 9 heteroatoms. The Bertz CT molecular complexity index is 1200. The Labute approximate surface area is 238 Å². The minimum Gasteiger partial charge on any atom is -0.753 e. The van der Waals surface area contributed by atoms with E-state index in [4.69, 9.17) is 15.9 Å². The minimum absolute atomic E-state index is 0.968. The van der Waals surface area contributed by atoms with Crippen molar-refractivity contribution in [1.82, 2.24) is 0 Å². The highest BCUT2D eigenvalue weighted by Crippen LogP contribution is 2.10. The lowest BCUT2D eigenvalue weighted by Crippen LogP contribution is -2.27. The van der Waals surface area contributed by atoms with E-state index in [0.717, 1.165) is 36.5 Å². The van der Waals surface area contributed by atoms with Crippen LogP contribution in [0.2, 0.25) is 0 Å². The molecule has 0 atom stereocenters. The van der Waals surface area contributed by atoms with E-state index in [0.29, 0.717) is 0 Å². The summed E-state index contributed by atoms with van der Waals surface area (Å²) in [5, 5.41) is 23.9. The van der Waals surface area contributed by atoms with Gasteiger partial charge in [-0.1, -0.05) is 54.2 Å². The van der Waals surface area contributed by atoms with Crippen LogP contribution in [0, 0.1) is 30.8 Å². The van der Waals surface area contributed by atoms with E-state index < -0.39 is 0 Å². The largest absolute Gasteiger partial charge is 0.753 e. The van der Waals surface area contributed by atoms with Crippen molar-refractivity contribution in [1.29, 1.82) is 0 Å². The third-order valence-corrected chi connectivity index (χ3v) is 5.37. The topological polar surface area (TPSA) is 72.6 Å². The van der Waals surface area contributed by atoms with Crippen LogP contribution in [0.4, 0.5) is 0 Å². The number of hydrogen-bond donors (Lipinski definition) is 1. The molecule has 0 saturated carbocycles. The van der Waals surface area contributed by atoms with E-state index in [1.54, 1.807) is 0 Å². The number of thiocarbonyl (C=S) groups is 2. The van der Waals surface area contributed by atoms with E-state index in [1.165, 1.54) is 10.3 Å². The first-order valence-electron chi connectivity index (χ1n) is 9.25. The molecule has 0 saturated heterocycles. The van der Waals surface area contributed by atoms with Crippen molar-refractivity contribution in [3.05, 3.63) is 101 Å². The van der Waals surface area contributed by atoms with Crippen molar-refractivity contribution >= 4 is 79.9 Å². The standard InChI is InChI=1S/C22H16I2N2.2CNS.CH4O/c1-25-12-10-19(21(23)15-25)8-6-17-4-3-5-18(14-17)7-9-20-11-13-26(2)16-22(20)24;2*2-1-3;1-2/h3-5,10-16H,1-2H3;;;2H,1H3/q+2;2*-1;. The van der Waals surface area contributed by atoms with Gasteiger partial charge in [-0.25, -0.2) is 9.13 Å². The quantitative estimate of drug-likeness (QED) is 0.125. The number of aliphatic hydroxyl groups is 1. The molecule has 0 aliphatic rings. The van der Waals surface area contributed by atoms with Crippen molar-refractivity contribution < 1.29 is 14.2 Å². The lowest BCUT2D eigenvalue weighted by molar-refractivity contribution is -0.672. The molecule has 1 N–H and O–H groups in total. The van der Waals surface area contributed by atoms with Crippen LogP contribution < -0.4 is 9.13 Å². The molecule has 0 fully saturated rings. The SMILES string of the molecule is CO.C[n+]1ccc(C#Cc2cccc(C#Cc3cc[n+](C)cc3I)c2)c(I)c1.[N-]=C=S.[N-]=C=S. The van der Waals surface area contributed by atoms with Crippen LogP contribution in [0.15, 0.2) is 61.2 Å². The van der Waals surface area contributed by atoms with Gasteiger partial charge in [0.15, 0.2) is 24.8 Å². The molecule has 0 aliphatic heterocycles. The van der Waals surface area contributed by atoms with Crippen molar-refractivity contribution in [2.75, 3.05) is 7.11 Å². The fourth-order valence-electron chi connectivity index (χ4n) is 2.28. The monoisotopic (exact) mass is 710 g/mol. The van der Waals surface area contributed by atoms with Gasteiger partial charge in [0.2, 0.25) is 0 Å². The second-order valence-electron chi connectivity index (χ2n) is 6.01. The number of rotatable bonds is 0. The lowest BCUT2D eigenvalue weighted by atomic mass is 10.1. The van der Waals surface area contributed by atoms with Crippen molar-refractivity contribution in [3.63, 3.8) is 0 Å². The van der Waals surface area contributed by atoms with E-state index in [9.17, 15) is 0 Å². The average Bonchev–Trinajstić information content (AvgIpc) is 2.81. The number of aryl methyl sites for hydroxylation is 2. The van der Waals surface area contributed by atoms with Gasteiger partial charge >= 0.3 is 0 Å². The molecule has 2 heterocycles. The maximum Gasteiger partial charge on any atom is 0.183 e. The third-order valence-electron chi connectivity index (χ3n) is 3.65. The second-order valence-corrected chi connectivity index (χ2v) is 8.70. The van der Waals surface area contributed by atoms with Crippen LogP contribution in [-0.2, 0) is 14.1 Å². The molecular formula is C25H20I2N4OS2. The number of halogens is 2. The summed E-state index contributed by atoms with van der Waals surface area (Å²) in [7, 11) is 5.02. The van der Waals surface area contributed by atoms with E-state index >= 15 is 0 Å². The zero-order valence-corrected chi connectivity index (χ0v) is 24.5. The van der Waals surface area contributed by atoms with Crippen LogP contribution in [-0.4, -0.2) is 22.5 Å². The molecule has 0 amide bonds. The van der Waals surface area contributed by atoms with Gasteiger partial charge in [0, 0.05) is 30.4 Å². The minimum atomic E-state index is 0.968. The summed E-state index contributed by atoms with van der Waals surface area (Å²) < 4.78 is 6.33. The number of benzene rings is 1. The first-order valence-corrected chi connectivity index (χ1v) is 12.2. The zero-order valence-electron chi connectivity index (χ0n) is 18.6. The van der Waals surface area contributed by atoms with Gasteiger partial charge in [0.05, 0.1) is 18.3 Å². The second kappa shape index (κ2) is 19.0. The van der Waals surface area contributed by atoms with Gasteiger partial charge in [0.1, 0.15) is 14.1 Å². The number of nitrogens with zero attached hydrogens (tertiary/aromatic N) is 4. The Hall–Kier alpha value is -2.34. The van der Waals surface area contributed by atoms with E-state index in [-0.39, 0.29) is 0 Å². The molecule has 5 nitrogen and oxygen atoms in total. The Morgan fingerprint density at radius 3 is 1.41 bits per heavy atom. The summed E-state index contributed by atoms with van der Waals surface area (Å²) in [4.78, 5) is 0. The lowest BCUT2D eigenvalue weighted by Gasteiger charge is -1.95. The van der Waals surface area contributed by atoms with Gasteiger partial charge in [-0.05, 0) is 63.4 Å². The van der Waals surface area contributed by atoms with Crippen molar-refractivity contribution in [2.45, 2.75) is 0 Å². The fraction of sp³-hybridized carbons (Fsp3) is 0.120. The molecule has 34 heavy (non-hydrogen) atoms. The zero-order chi connectivity index (χ0) is 25.9. The third kappa shape index (κ3) is 12.8. The van der Waals surface area contributed by atoms with Crippen LogP contribution in [0.3, 0.4) is 0 Å². The highest BCUT2D eigenvalue weighted by atomic mass is 127. The average molecular weight is 710 g/mol.